The minimum atomic E-state index is -1.01. The predicted molar refractivity (Wildman–Crippen MR) is 62.8 cm³/mol. The summed E-state index contributed by atoms with van der Waals surface area (Å²) in [6.07, 6.45) is -0.434. The molecule has 3 N–H and O–H groups in total. The van der Waals surface area contributed by atoms with Crippen molar-refractivity contribution in [2.24, 2.45) is 5.92 Å². The van der Waals surface area contributed by atoms with Crippen LogP contribution < -0.4 is 10.1 Å². The molecule has 4 nitrogen and oxygen atoms in total. The summed E-state index contributed by atoms with van der Waals surface area (Å²) in [4.78, 5) is 0. The first-order chi connectivity index (χ1) is 8.20. The number of β-amino-alcohol motifs (C(OH)–C–C–N with tert-alkyl or cyclic N) is 1. The summed E-state index contributed by atoms with van der Waals surface area (Å²) < 4.78 is 5.75. The lowest BCUT2D eigenvalue weighted by atomic mass is 9.93. The number of fused-ring (bicyclic) bond motifs is 1. The van der Waals surface area contributed by atoms with E-state index >= 15 is 0 Å². The van der Waals surface area contributed by atoms with Crippen molar-refractivity contribution in [2.75, 3.05) is 13.1 Å². The summed E-state index contributed by atoms with van der Waals surface area (Å²) >= 11 is 0. The Balaban J connectivity index is 1.74. The second-order valence-corrected chi connectivity index (χ2v) is 4.97. The first kappa shape index (κ1) is 11.0. The lowest BCUT2D eigenvalue weighted by Gasteiger charge is -2.27. The number of hydrogen-bond donors (Lipinski definition) is 3. The Kier molecular flexibility index (Phi) is 2.58. The molecule has 2 fully saturated rings. The summed E-state index contributed by atoms with van der Waals surface area (Å²) in [5.74, 6) is 0.833. The van der Waals surface area contributed by atoms with Gasteiger partial charge >= 0.3 is 0 Å². The normalized spacial score (nSPS) is 40.2. The fourth-order valence-electron chi connectivity index (χ4n) is 2.92. The number of hydrogen-bond acceptors (Lipinski definition) is 4. The van der Waals surface area contributed by atoms with Gasteiger partial charge in [0, 0.05) is 19.0 Å². The summed E-state index contributed by atoms with van der Waals surface area (Å²) in [7, 11) is 0. The molecular weight excluding hydrogens is 218 g/mol. The number of nitrogens with one attached hydrogen (secondary N) is 1. The molecule has 0 amide bonds. The molecule has 1 aliphatic heterocycles. The molecule has 3 rings (SSSR count). The highest BCUT2D eigenvalue weighted by Gasteiger charge is 2.57. The number of ether oxygens (including phenoxy) is 1. The monoisotopic (exact) mass is 235 g/mol. The van der Waals surface area contributed by atoms with Gasteiger partial charge in [-0.3, -0.25) is 0 Å². The Hall–Kier alpha value is -1.10. The van der Waals surface area contributed by atoms with Crippen LogP contribution in [0.15, 0.2) is 30.3 Å². The molecule has 0 aromatic heterocycles. The summed E-state index contributed by atoms with van der Waals surface area (Å²) in [5, 5.41) is 23.6. The molecule has 0 radical (unpaired) electrons. The summed E-state index contributed by atoms with van der Waals surface area (Å²) in [5.41, 5.74) is -1.01. The van der Waals surface area contributed by atoms with E-state index in [1.54, 1.807) is 0 Å². The molecule has 1 heterocycles. The summed E-state index contributed by atoms with van der Waals surface area (Å²) in [6, 6.07) is 9.44. The van der Waals surface area contributed by atoms with E-state index < -0.39 is 11.7 Å². The van der Waals surface area contributed by atoms with Crippen molar-refractivity contribution >= 4 is 0 Å². The van der Waals surface area contributed by atoms with Crippen LogP contribution in [0.1, 0.15) is 6.42 Å². The number of rotatable bonds is 2. The molecule has 1 aromatic carbocycles. The van der Waals surface area contributed by atoms with Gasteiger partial charge in [-0.15, -0.1) is 0 Å². The van der Waals surface area contributed by atoms with Crippen LogP contribution >= 0.6 is 0 Å². The maximum Gasteiger partial charge on any atom is 0.128 e. The standard InChI is InChI=1S/C13H17NO3/c15-12-11(17-10-4-2-1-3-5-10)6-9-7-14-8-13(9,12)16/h1-5,9,11-12,14-16H,6-8H2/t9-,11+,12+,13-/m0/s1. The average molecular weight is 235 g/mol. The fraction of sp³-hybridized carbons (Fsp3) is 0.538. The molecule has 4 heteroatoms. The van der Waals surface area contributed by atoms with Gasteiger partial charge in [-0.25, -0.2) is 0 Å². The largest absolute Gasteiger partial charge is 0.488 e. The van der Waals surface area contributed by atoms with E-state index in [4.69, 9.17) is 4.74 Å². The van der Waals surface area contributed by atoms with E-state index in [-0.39, 0.29) is 12.0 Å². The van der Waals surface area contributed by atoms with Crippen molar-refractivity contribution in [1.82, 2.24) is 5.32 Å². The first-order valence-corrected chi connectivity index (χ1v) is 6.03. The molecule has 1 aliphatic carbocycles. The molecule has 1 saturated carbocycles. The third kappa shape index (κ3) is 1.73. The number of aliphatic hydroxyl groups excluding tert-OH is 1. The third-order valence-electron chi connectivity index (χ3n) is 3.92. The van der Waals surface area contributed by atoms with Crippen LogP contribution in [0.4, 0.5) is 0 Å². The first-order valence-electron chi connectivity index (χ1n) is 6.03. The zero-order chi connectivity index (χ0) is 11.9. The predicted octanol–water partition coefficient (Wildman–Crippen LogP) is 0.149. The van der Waals surface area contributed by atoms with Crippen LogP contribution in [-0.4, -0.2) is 41.1 Å². The SMILES string of the molecule is O[C@@H]1[C@H](Oc2ccccc2)C[C@H]2CNC[C@]21O. The van der Waals surface area contributed by atoms with Gasteiger partial charge in [0.2, 0.25) is 0 Å². The Morgan fingerprint density at radius 3 is 2.76 bits per heavy atom. The van der Waals surface area contributed by atoms with Crippen LogP contribution in [0.3, 0.4) is 0 Å². The zero-order valence-corrected chi connectivity index (χ0v) is 9.54. The van der Waals surface area contributed by atoms with E-state index in [0.29, 0.717) is 13.0 Å². The third-order valence-corrected chi connectivity index (χ3v) is 3.92. The lowest BCUT2D eigenvalue weighted by molar-refractivity contribution is -0.0812. The molecule has 0 unspecified atom stereocenters. The van der Waals surface area contributed by atoms with Gasteiger partial charge < -0.3 is 20.3 Å². The van der Waals surface area contributed by atoms with E-state index in [1.807, 2.05) is 30.3 Å². The zero-order valence-electron chi connectivity index (χ0n) is 9.54. The number of aliphatic hydroxyl groups is 2. The molecule has 2 aliphatic rings. The summed E-state index contributed by atoms with van der Waals surface area (Å²) in [6.45, 7) is 1.20. The van der Waals surface area contributed by atoms with Gasteiger partial charge in [-0.1, -0.05) is 18.2 Å². The minimum Gasteiger partial charge on any atom is -0.488 e. The second-order valence-electron chi connectivity index (χ2n) is 4.97. The van der Waals surface area contributed by atoms with Crippen molar-refractivity contribution in [3.05, 3.63) is 30.3 Å². The van der Waals surface area contributed by atoms with E-state index in [1.165, 1.54) is 0 Å². The highest BCUT2D eigenvalue weighted by atomic mass is 16.5. The lowest BCUT2D eigenvalue weighted by Crippen LogP contribution is -2.48. The minimum absolute atomic E-state index is 0.0891. The van der Waals surface area contributed by atoms with Crippen LogP contribution in [0, 0.1) is 5.92 Å². The topological polar surface area (TPSA) is 61.7 Å². The highest BCUT2D eigenvalue weighted by Crippen LogP contribution is 2.40. The van der Waals surface area contributed by atoms with Crippen molar-refractivity contribution in [3.8, 4) is 5.75 Å². The van der Waals surface area contributed by atoms with Crippen molar-refractivity contribution < 1.29 is 14.9 Å². The van der Waals surface area contributed by atoms with Crippen molar-refractivity contribution in [3.63, 3.8) is 0 Å². The van der Waals surface area contributed by atoms with Gasteiger partial charge in [0.15, 0.2) is 0 Å². The Bertz CT molecular complexity index is 397. The van der Waals surface area contributed by atoms with E-state index in [2.05, 4.69) is 5.32 Å². The molecule has 0 spiro atoms. The van der Waals surface area contributed by atoms with Crippen LogP contribution in [0.2, 0.25) is 0 Å². The van der Waals surface area contributed by atoms with Crippen LogP contribution in [0.25, 0.3) is 0 Å². The average Bonchev–Trinajstić information content (AvgIpc) is 2.80. The smallest absolute Gasteiger partial charge is 0.128 e. The number of para-hydroxylation sites is 1. The second kappa shape index (κ2) is 3.98. The van der Waals surface area contributed by atoms with Crippen molar-refractivity contribution in [2.45, 2.75) is 24.2 Å². The Labute approximate surface area is 100 Å². The molecule has 92 valence electrons. The Morgan fingerprint density at radius 1 is 1.29 bits per heavy atom. The Morgan fingerprint density at radius 2 is 2.06 bits per heavy atom. The molecule has 1 aromatic rings. The van der Waals surface area contributed by atoms with Gasteiger partial charge in [0.1, 0.15) is 23.6 Å². The van der Waals surface area contributed by atoms with Gasteiger partial charge in [0.05, 0.1) is 0 Å². The van der Waals surface area contributed by atoms with Gasteiger partial charge in [-0.2, -0.15) is 0 Å². The molecule has 4 atom stereocenters. The molecule has 0 bridgehead atoms. The maximum absolute atomic E-state index is 10.4. The van der Waals surface area contributed by atoms with Crippen molar-refractivity contribution in [1.29, 1.82) is 0 Å². The quantitative estimate of drug-likeness (QED) is 0.683. The molecule has 1 saturated heterocycles. The van der Waals surface area contributed by atoms with Crippen LogP contribution in [-0.2, 0) is 0 Å². The van der Waals surface area contributed by atoms with Gasteiger partial charge in [-0.05, 0) is 18.6 Å². The fourth-order valence-corrected chi connectivity index (χ4v) is 2.92. The molecule has 17 heavy (non-hydrogen) atoms. The van der Waals surface area contributed by atoms with Gasteiger partial charge in [0.25, 0.3) is 0 Å². The maximum atomic E-state index is 10.4. The van der Waals surface area contributed by atoms with E-state index in [9.17, 15) is 10.2 Å². The van der Waals surface area contributed by atoms with Crippen LogP contribution in [0.5, 0.6) is 5.75 Å². The number of benzene rings is 1. The van der Waals surface area contributed by atoms with E-state index in [0.717, 1.165) is 12.3 Å². The molecular formula is C13H17NO3. The highest BCUT2D eigenvalue weighted by molar-refractivity contribution is 5.22.